The summed E-state index contributed by atoms with van der Waals surface area (Å²) in [6.07, 6.45) is 0.437. The molecule has 3 nitrogen and oxygen atoms in total. The average molecular weight is 228 g/mol. The van der Waals surface area contributed by atoms with Crippen molar-refractivity contribution in [1.82, 2.24) is 0 Å². The zero-order valence-corrected chi connectivity index (χ0v) is 8.56. The van der Waals surface area contributed by atoms with Crippen LogP contribution in [0.3, 0.4) is 0 Å². The molecule has 0 saturated carbocycles. The van der Waals surface area contributed by atoms with Crippen LogP contribution in [0.1, 0.15) is 19.3 Å². The summed E-state index contributed by atoms with van der Waals surface area (Å²) in [4.78, 5) is 0. The summed E-state index contributed by atoms with van der Waals surface area (Å²) in [5.74, 6) is -3.70. The molecule has 1 N–H and O–H groups in total. The molecule has 1 saturated heterocycles. The third kappa shape index (κ3) is 3.49. The minimum absolute atomic E-state index is 0.105. The Morgan fingerprint density at radius 1 is 1.43 bits per heavy atom. The van der Waals surface area contributed by atoms with Gasteiger partial charge >= 0.3 is 0 Å². The van der Waals surface area contributed by atoms with Gasteiger partial charge in [0.2, 0.25) is 0 Å². The maximum Gasteiger partial charge on any atom is 0.271 e. The van der Waals surface area contributed by atoms with Crippen molar-refractivity contribution in [3.8, 4) is 0 Å². The second kappa shape index (κ2) is 4.10. The lowest BCUT2D eigenvalue weighted by Gasteiger charge is -2.25. The number of hydrogen-bond acceptors (Lipinski definition) is 3. The predicted octanol–water partition coefficient (Wildman–Crippen LogP) is 0.829. The molecular formula is C8H14F2O3S. The van der Waals surface area contributed by atoms with E-state index in [1.165, 1.54) is 0 Å². The summed E-state index contributed by atoms with van der Waals surface area (Å²) in [5.41, 5.74) is 0. The van der Waals surface area contributed by atoms with Gasteiger partial charge in [-0.25, -0.2) is 17.2 Å². The Bertz CT molecular complexity index is 287. The van der Waals surface area contributed by atoms with E-state index in [2.05, 4.69) is 0 Å². The molecule has 1 aliphatic heterocycles. The summed E-state index contributed by atoms with van der Waals surface area (Å²) in [7, 11) is -3.13. The van der Waals surface area contributed by atoms with Gasteiger partial charge in [-0.15, -0.1) is 0 Å². The highest BCUT2D eigenvalue weighted by Gasteiger charge is 2.35. The highest BCUT2D eigenvalue weighted by molar-refractivity contribution is 7.91. The lowest BCUT2D eigenvalue weighted by atomic mass is 9.98. The largest absolute Gasteiger partial charge is 0.390 e. The van der Waals surface area contributed by atoms with Gasteiger partial charge < -0.3 is 5.11 Å². The van der Waals surface area contributed by atoms with Crippen molar-refractivity contribution in [1.29, 1.82) is 0 Å². The molecule has 1 unspecified atom stereocenters. The fraction of sp³-hybridized carbons (Fsp3) is 1.00. The maximum absolute atomic E-state index is 12.7. The van der Waals surface area contributed by atoms with Gasteiger partial charge in [-0.1, -0.05) is 0 Å². The molecule has 0 spiro atoms. The van der Waals surface area contributed by atoms with E-state index in [9.17, 15) is 17.2 Å². The van der Waals surface area contributed by atoms with Crippen molar-refractivity contribution in [3.63, 3.8) is 0 Å². The van der Waals surface area contributed by atoms with Crippen LogP contribution < -0.4 is 0 Å². The van der Waals surface area contributed by atoms with Crippen molar-refractivity contribution in [2.45, 2.75) is 25.2 Å². The van der Waals surface area contributed by atoms with E-state index in [0.29, 0.717) is 12.8 Å². The van der Waals surface area contributed by atoms with Crippen molar-refractivity contribution in [3.05, 3.63) is 0 Å². The fourth-order valence-corrected chi connectivity index (χ4v) is 3.54. The Morgan fingerprint density at radius 2 is 2.07 bits per heavy atom. The van der Waals surface area contributed by atoms with E-state index in [4.69, 9.17) is 5.11 Å². The molecule has 0 amide bonds. The van der Waals surface area contributed by atoms with E-state index in [0.717, 1.165) is 0 Å². The molecule has 1 atom stereocenters. The van der Waals surface area contributed by atoms with E-state index in [1.54, 1.807) is 0 Å². The molecule has 0 aliphatic carbocycles. The van der Waals surface area contributed by atoms with Gasteiger partial charge in [0.05, 0.1) is 11.5 Å². The van der Waals surface area contributed by atoms with Crippen LogP contribution in [-0.4, -0.2) is 37.6 Å². The molecule has 1 aliphatic rings. The SMILES string of the molecule is O=S1(=O)CCCC(CC(F)(F)CO)C1. The number of sulfone groups is 1. The highest BCUT2D eigenvalue weighted by Crippen LogP contribution is 2.29. The first-order valence-corrected chi connectivity index (χ1v) is 6.36. The Labute approximate surface area is 82.0 Å². The molecule has 6 heteroatoms. The summed E-state index contributed by atoms with van der Waals surface area (Å²) >= 11 is 0. The van der Waals surface area contributed by atoms with Gasteiger partial charge in [0, 0.05) is 6.42 Å². The highest BCUT2D eigenvalue weighted by atomic mass is 32.2. The van der Waals surface area contributed by atoms with Crippen LogP contribution in [0, 0.1) is 5.92 Å². The molecule has 0 aromatic rings. The molecule has 0 radical (unpaired) electrons. The van der Waals surface area contributed by atoms with E-state index < -0.39 is 34.7 Å². The zero-order valence-electron chi connectivity index (χ0n) is 7.75. The third-order valence-electron chi connectivity index (χ3n) is 2.38. The molecule has 14 heavy (non-hydrogen) atoms. The zero-order chi connectivity index (χ0) is 10.8. The minimum atomic E-state index is -3.14. The standard InChI is InChI=1S/C8H14F2O3S/c9-8(10,6-11)4-7-2-1-3-14(12,13)5-7/h7,11H,1-6H2. The number of hydrogen-bond donors (Lipinski definition) is 1. The molecule has 84 valence electrons. The number of aliphatic hydroxyl groups is 1. The van der Waals surface area contributed by atoms with Crippen LogP contribution >= 0.6 is 0 Å². The van der Waals surface area contributed by atoms with Crippen LogP contribution in [-0.2, 0) is 9.84 Å². The average Bonchev–Trinajstić information content (AvgIpc) is 2.01. The number of alkyl halides is 2. The first-order valence-electron chi connectivity index (χ1n) is 4.54. The fourth-order valence-electron chi connectivity index (χ4n) is 1.77. The molecule has 0 aromatic carbocycles. The summed E-state index contributed by atoms with van der Waals surface area (Å²) < 4.78 is 47.7. The van der Waals surface area contributed by atoms with Gasteiger partial charge in [0.15, 0.2) is 9.84 Å². The van der Waals surface area contributed by atoms with Crippen molar-refractivity contribution >= 4 is 9.84 Å². The molecule has 1 rings (SSSR count). The van der Waals surface area contributed by atoms with Crippen LogP contribution in [0.2, 0.25) is 0 Å². The predicted molar refractivity (Wildman–Crippen MR) is 48.0 cm³/mol. The van der Waals surface area contributed by atoms with E-state index in [-0.39, 0.29) is 11.5 Å². The Kier molecular flexibility index (Phi) is 3.47. The minimum Gasteiger partial charge on any atom is -0.390 e. The van der Waals surface area contributed by atoms with Gasteiger partial charge in [-0.2, -0.15) is 0 Å². The smallest absolute Gasteiger partial charge is 0.271 e. The summed E-state index contributed by atoms with van der Waals surface area (Å²) in [6, 6.07) is 0. The summed E-state index contributed by atoms with van der Waals surface area (Å²) in [6.45, 7) is -1.20. The lowest BCUT2D eigenvalue weighted by Crippen LogP contribution is -2.32. The normalized spacial score (nSPS) is 27.5. The molecule has 0 bridgehead atoms. The van der Waals surface area contributed by atoms with Crippen molar-refractivity contribution in [2.24, 2.45) is 5.92 Å². The molecular weight excluding hydrogens is 214 g/mol. The third-order valence-corrected chi connectivity index (χ3v) is 4.27. The van der Waals surface area contributed by atoms with E-state index >= 15 is 0 Å². The maximum atomic E-state index is 12.7. The number of aliphatic hydroxyl groups excluding tert-OH is 1. The molecule has 0 aromatic heterocycles. The molecule has 1 heterocycles. The molecule has 1 fully saturated rings. The van der Waals surface area contributed by atoms with Crippen molar-refractivity contribution < 1.29 is 22.3 Å². The van der Waals surface area contributed by atoms with Gasteiger partial charge in [-0.05, 0) is 18.8 Å². The van der Waals surface area contributed by atoms with Crippen LogP contribution in [0.25, 0.3) is 0 Å². The first-order chi connectivity index (χ1) is 6.35. The topological polar surface area (TPSA) is 54.4 Å². The number of rotatable bonds is 3. The number of halogens is 2. The summed E-state index contributed by atoms with van der Waals surface area (Å²) in [5, 5.41) is 8.36. The Morgan fingerprint density at radius 3 is 2.57 bits per heavy atom. The quantitative estimate of drug-likeness (QED) is 0.778. The lowest BCUT2D eigenvalue weighted by molar-refractivity contribution is -0.0667. The second-order valence-electron chi connectivity index (χ2n) is 3.84. The van der Waals surface area contributed by atoms with E-state index in [1.807, 2.05) is 0 Å². The van der Waals surface area contributed by atoms with Gasteiger partial charge in [0.25, 0.3) is 5.92 Å². The van der Waals surface area contributed by atoms with Crippen LogP contribution in [0.5, 0.6) is 0 Å². The van der Waals surface area contributed by atoms with Crippen LogP contribution in [0.4, 0.5) is 8.78 Å². The first kappa shape index (κ1) is 11.8. The van der Waals surface area contributed by atoms with Gasteiger partial charge in [-0.3, -0.25) is 0 Å². The second-order valence-corrected chi connectivity index (χ2v) is 6.07. The Balaban J connectivity index is 2.54. The van der Waals surface area contributed by atoms with Crippen LogP contribution in [0.15, 0.2) is 0 Å². The van der Waals surface area contributed by atoms with Crippen molar-refractivity contribution in [2.75, 3.05) is 18.1 Å². The Hall–Kier alpha value is -0.230. The van der Waals surface area contributed by atoms with Gasteiger partial charge in [0.1, 0.15) is 6.61 Å². The monoisotopic (exact) mass is 228 g/mol.